The number of anilines is 1. The molecule has 1 aromatic carbocycles. The Morgan fingerprint density at radius 1 is 1.24 bits per heavy atom. The van der Waals surface area contributed by atoms with Gasteiger partial charge in [-0.15, -0.1) is 0 Å². The van der Waals surface area contributed by atoms with Crippen molar-refractivity contribution in [2.45, 2.75) is 65.7 Å². The van der Waals surface area contributed by atoms with Gasteiger partial charge in [-0.3, -0.25) is 4.90 Å². The number of fused-ring (bicyclic) bond motifs is 1. The molecule has 0 radical (unpaired) electrons. The summed E-state index contributed by atoms with van der Waals surface area (Å²) in [5.41, 5.74) is 8.66. The molecule has 1 saturated heterocycles. The standard InChI is InChI=1S/C37H45N5O4/c1-6-44-29(5)42(39-15-13-26(2)21-38)36-12-8-11-35(40-36)33-10-7-9-27(3)37(33)46-24-30-19-28(4)34-23-41(16-14-31(34)20-30)22-32-25-43-17-18-45-32/h8,10-12,15,19-20,32H,2,5-7,9,13-14,16-18,22-25H2,1,3-4H3/b39-15-. The van der Waals surface area contributed by atoms with Gasteiger partial charge >= 0.3 is 0 Å². The zero-order chi connectivity index (χ0) is 32.5. The summed E-state index contributed by atoms with van der Waals surface area (Å²) in [7, 11) is 0. The summed E-state index contributed by atoms with van der Waals surface area (Å²) in [5.74, 6) is 1.77. The third-order valence-electron chi connectivity index (χ3n) is 8.40. The van der Waals surface area contributed by atoms with E-state index in [-0.39, 0.29) is 6.10 Å². The molecule has 0 spiro atoms. The van der Waals surface area contributed by atoms with Gasteiger partial charge in [-0.1, -0.05) is 30.9 Å². The molecule has 3 heterocycles. The van der Waals surface area contributed by atoms with Crippen LogP contribution in [0.5, 0.6) is 0 Å². The first-order valence-electron chi connectivity index (χ1n) is 16.1. The number of aryl methyl sites for hydroxylation is 1. The molecular formula is C37H45N5O4. The second-order valence-electron chi connectivity index (χ2n) is 11.9. The van der Waals surface area contributed by atoms with E-state index in [2.05, 4.69) is 55.2 Å². The number of hydrogen-bond donors (Lipinski definition) is 0. The van der Waals surface area contributed by atoms with Gasteiger partial charge in [0, 0.05) is 43.4 Å². The predicted octanol–water partition coefficient (Wildman–Crippen LogP) is 6.60. The van der Waals surface area contributed by atoms with E-state index in [1.807, 2.05) is 31.2 Å². The maximum Gasteiger partial charge on any atom is 0.208 e. The number of aromatic nitrogens is 1. The van der Waals surface area contributed by atoms with Crippen LogP contribution < -0.4 is 5.01 Å². The number of hydrazone groups is 1. The van der Waals surface area contributed by atoms with Gasteiger partial charge in [0.25, 0.3) is 0 Å². The first kappa shape index (κ1) is 33.1. The highest BCUT2D eigenvalue weighted by molar-refractivity contribution is 5.78. The molecule has 1 fully saturated rings. The lowest BCUT2D eigenvalue weighted by molar-refractivity contribution is -0.0985. The van der Waals surface area contributed by atoms with E-state index >= 15 is 0 Å². The summed E-state index contributed by atoms with van der Waals surface area (Å²) in [4.78, 5) is 7.44. The number of nitrogens with zero attached hydrogens (tertiary/aromatic N) is 5. The quantitative estimate of drug-likeness (QED) is 0.107. The molecule has 5 rings (SSSR count). The van der Waals surface area contributed by atoms with Crippen LogP contribution in [0.2, 0.25) is 0 Å². The number of nitriles is 1. The zero-order valence-corrected chi connectivity index (χ0v) is 27.4. The molecule has 9 nitrogen and oxygen atoms in total. The van der Waals surface area contributed by atoms with Gasteiger partial charge in [-0.25, -0.2) is 4.98 Å². The van der Waals surface area contributed by atoms with Crippen LogP contribution in [0, 0.1) is 18.3 Å². The Bertz CT molecular complexity index is 1560. The Kier molecular flexibility index (Phi) is 11.4. The van der Waals surface area contributed by atoms with Crippen molar-refractivity contribution in [1.82, 2.24) is 9.88 Å². The molecule has 46 heavy (non-hydrogen) atoms. The highest BCUT2D eigenvalue weighted by Crippen LogP contribution is 2.35. The molecule has 0 N–H and O–H groups in total. The smallest absolute Gasteiger partial charge is 0.208 e. The lowest BCUT2D eigenvalue weighted by Gasteiger charge is -2.34. The molecule has 3 aliphatic rings. The molecule has 2 aliphatic heterocycles. The average molecular weight is 624 g/mol. The van der Waals surface area contributed by atoms with Gasteiger partial charge in [0.1, 0.15) is 12.4 Å². The fourth-order valence-electron chi connectivity index (χ4n) is 6.07. The topological polar surface area (TPSA) is 92.4 Å². The molecule has 242 valence electrons. The van der Waals surface area contributed by atoms with Crippen LogP contribution in [0.15, 0.2) is 77.5 Å². The monoisotopic (exact) mass is 623 g/mol. The maximum atomic E-state index is 9.07. The van der Waals surface area contributed by atoms with Crippen LogP contribution in [-0.2, 0) is 38.5 Å². The Morgan fingerprint density at radius 2 is 2.11 bits per heavy atom. The van der Waals surface area contributed by atoms with E-state index in [1.54, 1.807) is 11.2 Å². The van der Waals surface area contributed by atoms with Gasteiger partial charge in [-0.2, -0.15) is 15.4 Å². The van der Waals surface area contributed by atoms with Crippen LogP contribution in [0.25, 0.3) is 5.57 Å². The lowest BCUT2D eigenvalue weighted by atomic mass is 9.93. The van der Waals surface area contributed by atoms with E-state index in [0.717, 1.165) is 55.9 Å². The number of ether oxygens (including phenoxy) is 4. The second kappa shape index (κ2) is 15.9. The van der Waals surface area contributed by atoms with Gasteiger partial charge < -0.3 is 18.9 Å². The molecule has 1 aliphatic carbocycles. The number of benzene rings is 1. The minimum atomic E-state index is 0.155. The van der Waals surface area contributed by atoms with E-state index < -0.39 is 0 Å². The van der Waals surface area contributed by atoms with Crippen molar-refractivity contribution < 1.29 is 18.9 Å². The van der Waals surface area contributed by atoms with E-state index in [4.69, 9.17) is 29.2 Å². The van der Waals surface area contributed by atoms with Crippen molar-refractivity contribution in [2.24, 2.45) is 5.10 Å². The third-order valence-corrected chi connectivity index (χ3v) is 8.40. The molecule has 0 saturated carbocycles. The summed E-state index contributed by atoms with van der Waals surface area (Å²) in [5, 5.41) is 15.1. The molecule has 0 amide bonds. The number of hydrogen-bond acceptors (Lipinski definition) is 9. The summed E-state index contributed by atoms with van der Waals surface area (Å²) in [6, 6.07) is 12.4. The van der Waals surface area contributed by atoms with Crippen molar-refractivity contribution in [2.75, 3.05) is 44.5 Å². The van der Waals surface area contributed by atoms with Gasteiger partial charge in [0.05, 0.1) is 44.3 Å². The average Bonchev–Trinajstić information content (AvgIpc) is 3.07. The van der Waals surface area contributed by atoms with Crippen molar-refractivity contribution in [3.63, 3.8) is 0 Å². The molecule has 0 bridgehead atoms. The summed E-state index contributed by atoms with van der Waals surface area (Å²) >= 11 is 0. The van der Waals surface area contributed by atoms with E-state index in [0.29, 0.717) is 56.7 Å². The van der Waals surface area contributed by atoms with E-state index in [1.165, 1.54) is 27.8 Å². The van der Waals surface area contributed by atoms with Crippen molar-refractivity contribution in [3.05, 3.63) is 100 Å². The second-order valence-corrected chi connectivity index (χ2v) is 11.9. The fourth-order valence-corrected chi connectivity index (χ4v) is 6.07. The number of pyridine rings is 1. The summed E-state index contributed by atoms with van der Waals surface area (Å²) in [6.45, 7) is 19.8. The highest BCUT2D eigenvalue weighted by atomic mass is 16.6. The lowest BCUT2D eigenvalue weighted by Crippen LogP contribution is -2.42. The van der Waals surface area contributed by atoms with Crippen LogP contribution in [0.1, 0.15) is 61.1 Å². The Balaban J connectivity index is 1.30. The first-order chi connectivity index (χ1) is 22.4. The summed E-state index contributed by atoms with van der Waals surface area (Å²) < 4.78 is 23.8. The molecule has 1 aromatic heterocycles. The van der Waals surface area contributed by atoms with Crippen molar-refractivity contribution >= 4 is 17.6 Å². The fraction of sp³-hybridized carbons (Fsp3) is 0.432. The van der Waals surface area contributed by atoms with Gasteiger partial charge in [0.2, 0.25) is 5.88 Å². The predicted molar refractivity (Wildman–Crippen MR) is 181 cm³/mol. The molecule has 1 atom stereocenters. The van der Waals surface area contributed by atoms with Crippen LogP contribution in [0.4, 0.5) is 5.82 Å². The van der Waals surface area contributed by atoms with Crippen LogP contribution in [0.3, 0.4) is 0 Å². The van der Waals surface area contributed by atoms with Crippen molar-refractivity contribution in [3.8, 4) is 6.07 Å². The first-order valence-corrected chi connectivity index (χ1v) is 16.1. The largest absolute Gasteiger partial charge is 0.488 e. The van der Waals surface area contributed by atoms with E-state index in [9.17, 15) is 0 Å². The SMILES string of the molecule is C=C(C#N)C/C=N\N(C(=C)OCC)c1cccc(C2=CCCC(C)=C2OCc2cc(C)c3c(c2)CCN(CC2COCCO2)C3)n1. The number of rotatable bonds is 13. The van der Waals surface area contributed by atoms with Gasteiger partial charge in [-0.05, 0) is 86.6 Å². The van der Waals surface area contributed by atoms with Gasteiger partial charge in [0.15, 0.2) is 5.82 Å². The Morgan fingerprint density at radius 3 is 2.89 bits per heavy atom. The molecule has 9 heteroatoms. The normalized spacial score (nSPS) is 18.5. The molecule has 1 unspecified atom stereocenters. The maximum absolute atomic E-state index is 9.07. The van der Waals surface area contributed by atoms with Crippen LogP contribution >= 0.6 is 0 Å². The molecule has 2 aromatic rings. The Labute approximate surface area is 273 Å². The minimum Gasteiger partial charge on any atom is -0.488 e. The zero-order valence-electron chi connectivity index (χ0n) is 27.4. The third kappa shape index (κ3) is 8.32. The molecular weight excluding hydrogens is 578 g/mol. The van der Waals surface area contributed by atoms with Crippen LogP contribution in [-0.4, -0.2) is 61.7 Å². The Hall–Kier alpha value is -4.23. The summed E-state index contributed by atoms with van der Waals surface area (Å²) in [6.07, 6.45) is 7.15. The highest BCUT2D eigenvalue weighted by Gasteiger charge is 2.24. The van der Waals surface area contributed by atoms with Crippen molar-refractivity contribution in [1.29, 1.82) is 5.26 Å². The number of allylic oxidation sites excluding steroid dienone is 4. The minimum absolute atomic E-state index is 0.155.